The number of rotatable bonds is 6. The Hall–Kier alpha value is -2.16. The van der Waals surface area contributed by atoms with Gasteiger partial charge in [-0.05, 0) is 44.5 Å². The number of primary sulfonamides is 1. The topological polar surface area (TPSA) is 95.0 Å². The molecule has 0 unspecified atom stereocenters. The van der Waals surface area contributed by atoms with E-state index in [1.54, 1.807) is 6.07 Å². The summed E-state index contributed by atoms with van der Waals surface area (Å²) in [5.41, 5.74) is 4.15. The van der Waals surface area contributed by atoms with Crippen molar-refractivity contribution < 1.29 is 13.2 Å². The Morgan fingerprint density at radius 2 is 1.93 bits per heavy atom. The minimum atomic E-state index is -3.78. The van der Waals surface area contributed by atoms with Gasteiger partial charge in [0.25, 0.3) is 0 Å². The first-order valence-corrected chi connectivity index (χ1v) is 11.0. The van der Waals surface area contributed by atoms with Crippen molar-refractivity contribution in [1.82, 2.24) is 9.55 Å². The zero-order chi connectivity index (χ0) is 19.8. The molecule has 0 aliphatic rings. The number of aromatic nitrogens is 2. The third-order valence-corrected chi connectivity index (χ3v) is 6.23. The van der Waals surface area contributed by atoms with E-state index in [2.05, 4.69) is 4.98 Å². The molecule has 0 saturated heterocycles. The van der Waals surface area contributed by atoms with Crippen LogP contribution in [-0.4, -0.2) is 29.5 Å². The molecule has 1 aromatic heterocycles. The quantitative estimate of drug-likeness (QED) is 0.503. The van der Waals surface area contributed by atoms with Crippen LogP contribution in [0, 0.1) is 13.8 Å². The third kappa shape index (κ3) is 4.07. The maximum absolute atomic E-state index is 12.6. The summed E-state index contributed by atoms with van der Waals surface area (Å²) in [5, 5.41) is 5.88. The van der Waals surface area contributed by atoms with Gasteiger partial charge >= 0.3 is 0 Å². The van der Waals surface area contributed by atoms with Crippen molar-refractivity contribution in [2.75, 3.05) is 5.75 Å². The summed E-state index contributed by atoms with van der Waals surface area (Å²) < 4.78 is 25.1. The van der Waals surface area contributed by atoms with Gasteiger partial charge in [0.1, 0.15) is 0 Å². The molecule has 2 N–H and O–H groups in total. The normalized spacial score (nSPS) is 11.9. The summed E-state index contributed by atoms with van der Waals surface area (Å²) in [6, 6.07) is 10.4. The van der Waals surface area contributed by atoms with Crippen LogP contribution < -0.4 is 5.14 Å². The van der Waals surface area contributed by atoms with Gasteiger partial charge in [0, 0.05) is 12.1 Å². The smallest absolute Gasteiger partial charge is 0.238 e. The molecule has 0 bridgehead atoms. The molecule has 0 saturated carbocycles. The largest absolute Gasteiger partial charge is 0.319 e. The van der Waals surface area contributed by atoms with Gasteiger partial charge in [-0.15, -0.1) is 0 Å². The molecule has 6 nitrogen and oxygen atoms in total. The fraction of sp³-hybridized carbons (Fsp3) is 0.263. The first kappa shape index (κ1) is 19.6. The lowest BCUT2D eigenvalue weighted by molar-refractivity contribution is 0.102. The van der Waals surface area contributed by atoms with Crippen molar-refractivity contribution in [3.8, 4) is 0 Å². The number of sulfonamides is 1. The molecule has 1 heterocycles. The van der Waals surface area contributed by atoms with Crippen molar-refractivity contribution in [2.24, 2.45) is 5.14 Å². The highest BCUT2D eigenvalue weighted by Gasteiger charge is 2.16. The standard InChI is InChI=1S/C19H21N3O3S2/c1-4-22-17-8-6-14(27(20,24)25)10-16(17)21-19(22)26-11-18(23)15-7-5-12(2)9-13(15)3/h5-10H,4,11H2,1-3H3,(H2,20,24,25). The van der Waals surface area contributed by atoms with Crippen LogP contribution in [0.15, 0.2) is 46.5 Å². The van der Waals surface area contributed by atoms with E-state index in [1.807, 2.05) is 43.5 Å². The van der Waals surface area contributed by atoms with Crippen molar-refractivity contribution in [3.05, 3.63) is 53.1 Å². The lowest BCUT2D eigenvalue weighted by Crippen LogP contribution is -2.11. The monoisotopic (exact) mass is 403 g/mol. The molecule has 142 valence electrons. The number of imidazole rings is 1. The van der Waals surface area contributed by atoms with Gasteiger partial charge in [0.05, 0.1) is 21.7 Å². The number of hydrogen-bond acceptors (Lipinski definition) is 5. The summed E-state index contributed by atoms with van der Waals surface area (Å²) in [5.74, 6) is 0.298. The summed E-state index contributed by atoms with van der Waals surface area (Å²) in [4.78, 5) is 17.1. The van der Waals surface area contributed by atoms with E-state index in [0.717, 1.165) is 16.6 Å². The maximum atomic E-state index is 12.6. The van der Waals surface area contributed by atoms with Gasteiger partial charge in [0.15, 0.2) is 10.9 Å². The Morgan fingerprint density at radius 1 is 1.19 bits per heavy atom. The Kier molecular flexibility index (Phi) is 5.41. The first-order chi connectivity index (χ1) is 12.7. The number of benzene rings is 2. The number of nitrogens with zero attached hydrogens (tertiary/aromatic N) is 2. The molecule has 0 amide bonds. The number of nitrogens with two attached hydrogens (primary N) is 1. The number of ketones is 1. The second-order valence-corrected chi connectivity index (χ2v) is 8.87. The van der Waals surface area contributed by atoms with E-state index >= 15 is 0 Å². The van der Waals surface area contributed by atoms with Crippen LogP contribution in [0.4, 0.5) is 0 Å². The van der Waals surface area contributed by atoms with Gasteiger partial charge in [-0.2, -0.15) is 0 Å². The molecule has 0 atom stereocenters. The van der Waals surface area contributed by atoms with Crippen molar-refractivity contribution in [2.45, 2.75) is 37.4 Å². The average molecular weight is 404 g/mol. The van der Waals surface area contributed by atoms with E-state index in [0.29, 0.717) is 22.8 Å². The van der Waals surface area contributed by atoms with Crippen molar-refractivity contribution in [1.29, 1.82) is 0 Å². The minimum Gasteiger partial charge on any atom is -0.319 e. The Bertz CT molecular complexity index is 1130. The molecule has 0 aliphatic carbocycles. The number of thioether (sulfide) groups is 1. The Morgan fingerprint density at radius 3 is 2.56 bits per heavy atom. The van der Waals surface area contributed by atoms with Gasteiger partial charge in [0.2, 0.25) is 10.0 Å². The van der Waals surface area contributed by atoms with Crippen LogP contribution in [0.5, 0.6) is 0 Å². The highest BCUT2D eigenvalue weighted by molar-refractivity contribution is 7.99. The average Bonchev–Trinajstić information content (AvgIpc) is 2.95. The molecule has 3 rings (SSSR count). The molecular weight excluding hydrogens is 382 g/mol. The Balaban J connectivity index is 1.89. The molecular formula is C19H21N3O3S2. The molecule has 3 aromatic rings. The van der Waals surface area contributed by atoms with E-state index < -0.39 is 10.0 Å². The zero-order valence-corrected chi connectivity index (χ0v) is 17.0. The van der Waals surface area contributed by atoms with Crippen LogP contribution >= 0.6 is 11.8 Å². The van der Waals surface area contributed by atoms with Crippen LogP contribution in [-0.2, 0) is 16.6 Å². The SMILES string of the molecule is CCn1c(SCC(=O)c2ccc(C)cc2C)nc2cc(S(N)(=O)=O)ccc21. The van der Waals surface area contributed by atoms with Crippen molar-refractivity contribution >= 4 is 38.6 Å². The Labute approximate surface area is 162 Å². The predicted octanol–water partition coefficient (Wildman–Crippen LogP) is 3.30. The van der Waals surface area contributed by atoms with Gasteiger partial charge in [-0.1, -0.05) is 35.5 Å². The summed E-state index contributed by atoms with van der Waals surface area (Å²) >= 11 is 1.35. The molecule has 2 aromatic carbocycles. The third-order valence-electron chi connectivity index (χ3n) is 4.34. The van der Waals surface area contributed by atoms with E-state index in [-0.39, 0.29) is 16.4 Å². The van der Waals surface area contributed by atoms with Crippen LogP contribution in [0.2, 0.25) is 0 Å². The molecule has 0 fully saturated rings. The molecule has 8 heteroatoms. The highest BCUT2D eigenvalue weighted by atomic mass is 32.2. The number of aryl methyl sites for hydroxylation is 3. The summed E-state index contributed by atoms with van der Waals surface area (Å²) in [6.07, 6.45) is 0. The maximum Gasteiger partial charge on any atom is 0.238 e. The molecule has 27 heavy (non-hydrogen) atoms. The van der Waals surface area contributed by atoms with Crippen LogP contribution in [0.1, 0.15) is 28.4 Å². The van der Waals surface area contributed by atoms with E-state index in [4.69, 9.17) is 5.14 Å². The zero-order valence-electron chi connectivity index (χ0n) is 15.4. The summed E-state index contributed by atoms with van der Waals surface area (Å²) in [7, 11) is -3.78. The van der Waals surface area contributed by atoms with Crippen molar-refractivity contribution in [3.63, 3.8) is 0 Å². The fourth-order valence-corrected chi connectivity index (χ4v) is 4.51. The lowest BCUT2D eigenvalue weighted by Gasteiger charge is -2.07. The number of carbonyl (C=O) groups is 1. The number of carbonyl (C=O) groups excluding carboxylic acids is 1. The fourth-order valence-electron chi connectivity index (χ4n) is 3.01. The number of Topliss-reactive ketones (excluding diaryl/α,β-unsaturated/α-hetero) is 1. The highest BCUT2D eigenvalue weighted by Crippen LogP contribution is 2.27. The second kappa shape index (κ2) is 7.46. The lowest BCUT2D eigenvalue weighted by atomic mass is 10.0. The molecule has 0 radical (unpaired) electrons. The van der Waals surface area contributed by atoms with Gasteiger partial charge < -0.3 is 4.57 Å². The number of fused-ring (bicyclic) bond motifs is 1. The van der Waals surface area contributed by atoms with Gasteiger partial charge in [-0.25, -0.2) is 18.5 Å². The first-order valence-electron chi connectivity index (χ1n) is 8.47. The van der Waals surface area contributed by atoms with Gasteiger partial charge in [-0.3, -0.25) is 4.79 Å². The van der Waals surface area contributed by atoms with Crippen LogP contribution in [0.3, 0.4) is 0 Å². The van der Waals surface area contributed by atoms with E-state index in [1.165, 1.54) is 23.9 Å². The summed E-state index contributed by atoms with van der Waals surface area (Å²) in [6.45, 7) is 6.56. The van der Waals surface area contributed by atoms with E-state index in [9.17, 15) is 13.2 Å². The molecule has 0 spiro atoms. The predicted molar refractivity (Wildman–Crippen MR) is 108 cm³/mol. The minimum absolute atomic E-state index is 0.0265. The molecule has 0 aliphatic heterocycles. The second-order valence-electron chi connectivity index (χ2n) is 6.36. The van der Waals surface area contributed by atoms with Crippen LogP contribution in [0.25, 0.3) is 11.0 Å². The number of hydrogen-bond donors (Lipinski definition) is 1.